The average Bonchev–Trinajstić information content (AvgIpc) is 1.81. The van der Waals surface area contributed by atoms with Gasteiger partial charge in [-0.1, -0.05) is 13.3 Å². The third-order valence-electron chi connectivity index (χ3n) is 2.60. The molecule has 0 spiro atoms. The summed E-state index contributed by atoms with van der Waals surface area (Å²) in [6, 6.07) is 0. The van der Waals surface area contributed by atoms with Crippen LogP contribution in [0.25, 0.3) is 0 Å². The van der Waals surface area contributed by atoms with E-state index in [9.17, 15) is 0 Å². The fourth-order valence-electron chi connectivity index (χ4n) is 2.20. The van der Waals surface area contributed by atoms with Gasteiger partial charge in [-0.3, -0.25) is 8.97 Å². The summed E-state index contributed by atoms with van der Waals surface area (Å²) in [5, 5.41) is 0. The molecule has 0 radical (unpaired) electrons. The number of rotatable bonds is 5. The lowest BCUT2D eigenvalue weighted by Crippen LogP contribution is -2.60. The predicted molar refractivity (Wildman–Crippen MR) is 59.4 cm³/mol. The molecule has 0 aliphatic heterocycles. The van der Waals surface area contributed by atoms with Gasteiger partial charge in [0.1, 0.15) is 0 Å². The van der Waals surface area contributed by atoms with E-state index in [-0.39, 0.29) is 0 Å². The zero-order valence-electron chi connectivity index (χ0n) is 10.6. The monoisotopic (exact) mass is 188 g/mol. The lowest BCUT2D eigenvalue weighted by Gasteiger charge is -2.42. The molecule has 0 unspecified atom stereocenters. The Morgan fingerprint density at radius 1 is 0.846 bits per heavy atom. The van der Waals surface area contributed by atoms with Crippen LogP contribution in [0.1, 0.15) is 26.2 Å². The molecule has 0 saturated heterocycles. The number of nitrogens with zero attached hydrogens (tertiary/aromatic N) is 2. The van der Waals surface area contributed by atoms with E-state index < -0.39 is 0 Å². The first kappa shape index (κ1) is 12.9. The Labute approximate surface area is 84.3 Å². The molecule has 0 aromatic heterocycles. The molecule has 0 rings (SSSR count). The number of unbranched alkanes of at least 4 members (excludes halogenated alkanes) is 1. The second-order valence-corrected chi connectivity index (χ2v) is 5.86. The number of hydrogen-bond donors (Lipinski definition) is 0. The molecule has 0 aromatic carbocycles. The lowest BCUT2D eigenvalue weighted by molar-refractivity contribution is -1.09. The molecule has 0 saturated carbocycles. The van der Waals surface area contributed by atoms with Crippen molar-refractivity contribution in [1.82, 2.24) is 0 Å². The van der Waals surface area contributed by atoms with Gasteiger partial charge in [-0.15, -0.1) is 0 Å². The minimum Gasteiger partial charge on any atom is -0.282 e. The molecule has 0 aliphatic carbocycles. The van der Waals surface area contributed by atoms with Crippen molar-refractivity contribution in [3.63, 3.8) is 0 Å². The Kier molecular flexibility index (Phi) is 4.40. The Morgan fingerprint density at radius 3 is 1.46 bits per heavy atom. The topological polar surface area (TPSA) is 0 Å². The lowest BCUT2D eigenvalue weighted by atomic mass is 10.1. The highest BCUT2D eigenvalue weighted by Crippen LogP contribution is 2.18. The molecule has 0 bridgehead atoms. The van der Waals surface area contributed by atoms with Crippen LogP contribution in [0.15, 0.2) is 0 Å². The number of quaternary nitrogens is 2. The molecule has 0 heterocycles. The minimum absolute atomic E-state index is 0.708. The largest absolute Gasteiger partial charge is 0.282 e. The molecule has 2 heteroatoms. The Hall–Kier alpha value is -0.0800. The van der Waals surface area contributed by atoms with Crippen LogP contribution < -0.4 is 0 Å². The van der Waals surface area contributed by atoms with Crippen molar-refractivity contribution < 1.29 is 8.97 Å². The van der Waals surface area contributed by atoms with Crippen LogP contribution in [0.5, 0.6) is 0 Å². The Bertz CT molecular complexity index is 125. The molecule has 0 atom stereocenters. The van der Waals surface area contributed by atoms with Gasteiger partial charge < -0.3 is 0 Å². The van der Waals surface area contributed by atoms with E-state index >= 15 is 0 Å². The second kappa shape index (κ2) is 4.43. The van der Waals surface area contributed by atoms with Gasteiger partial charge >= 0.3 is 0 Å². The average molecular weight is 188 g/mol. The van der Waals surface area contributed by atoms with Gasteiger partial charge in [0.05, 0.1) is 48.7 Å². The Morgan fingerprint density at radius 2 is 1.23 bits per heavy atom. The SMILES string of the molecule is CCCCC([N+](C)(C)C)[N+](C)(C)C. The van der Waals surface area contributed by atoms with Gasteiger partial charge in [-0.05, 0) is 6.42 Å². The minimum atomic E-state index is 0.708. The fraction of sp³-hybridized carbons (Fsp3) is 1.00. The quantitative estimate of drug-likeness (QED) is 0.457. The Balaban J connectivity index is 4.39. The summed E-state index contributed by atoms with van der Waals surface area (Å²) in [7, 11) is 13.8. The van der Waals surface area contributed by atoms with Crippen LogP contribution in [0.2, 0.25) is 0 Å². The summed E-state index contributed by atoms with van der Waals surface area (Å²) in [5.41, 5.74) is 0. The standard InChI is InChI=1S/C11H28N2/c1-8-9-10-11(12(2,3)4)13(5,6)7/h11H,8-10H2,1-7H3/q+2. The van der Waals surface area contributed by atoms with E-state index in [1.54, 1.807) is 0 Å². The first-order chi connectivity index (χ1) is 5.69. The molecule has 0 aromatic rings. The molecular formula is C11H28N2+2. The molecule has 0 N–H and O–H groups in total. The molecule has 0 amide bonds. The highest BCUT2D eigenvalue weighted by atomic mass is 15.5. The van der Waals surface area contributed by atoms with Gasteiger partial charge in [0.25, 0.3) is 0 Å². The maximum atomic E-state index is 2.30. The first-order valence-corrected chi connectivity index (χ1v) is 5.32. The van der Waals surface area contributed by atoms with E-state index in [2.05, 4.69) is 49.2 Å². The maximum absolute atomic E-state index is 2.30. The molecular weight excluding hydrogens is 160 g/mol. The van der Waals surface area contributed by atoms with E-state index in [1.807, 2.05) is 0 Å². The predicted octanol–water partition coefficient (Wildman–Crippen LogP) is 1.92. The smallest absolute Gasteiger partial charge is 0.215 e. The van der Waals surface area contributed by atoms with Crippen LogP contribution in [-0.4, -0.2) is 57.4 Å². The summed E-state index contributed by atoms with van der Waals surface area (Å²) in [5.74, 6) is 0. The molecule has 80 valence electrons. The van der Waals surface area contributed by atoms with Crippen molar-refractivity contribution in [2.24, 2.45) is 0 Å². The first-order valence-electron chi connectivity index (χ1n) is 5.32. The van der Waals surface area contributed by atoms with Crippen molar-refractivity contribution in [1.29, 1.82) is 0 Å². The highest BCUT2D eigenvalue weighted by Gasteiger charge is 2.34. The van der Waals surface area contributed by atoms with Crippen LogP contribution in [0.4, 0.5) is 0 Å². The summed E-state index contributed by atoms with van der Waals surface area (Å²) >= 11 is 0. The van der Waals surface area contributed by atoms with Crippen LogP contribution in [0, 0.1) is 0 Å². The summed E-state index contributed by atoms with van der Waals surface area (Å²) < 4.78 is 2.12. The third kappa shape index (κ3) is 4.63. The van der Waals surface area contributed by atoms with Gasteiger partial charge in [0, 0.05) is 0 Å². The zero-order chi connectivity index (χ0) is 10.7. The molecule has 0 fully saturated rings. The summed E-state index contributed by atoms with van der Waals surface area (Å²) in [4.78, 5) is 0. The van der Waals surface area contributed by atoms with E-state index in [1.165, 1.54) is 19.3 Å². The fourth-order valence-corrected chi connectivity index (χ4v) is 2.20. The molecule has 13 heavy (non-hydrogen) atoms. The van der Waals surface area contributed by atoms with Gasteiger partial charge in [0.2, 0.25) is 6.17 Å². The number of hydrogen-bond acceptors (Lipinski definition) is 0. The maximum Gasteiger partial charge on any atom is 0.215 e. The van der Waals surface area contributed by atoms with Crippen molar-refractivity contribution in [3.05, 3.63) is 0 Å². The van der Waals surface area contributed by atoms with Crippen molar-refractivity contribution >= 4 is 0 Å². The van der Waals surface area contributed by atoms with Crippen LogP contribution in [-0.2, 0) is 0 Å². The van der Waals surface area contributed by atoms with Crippen molar-refractivity contribution in [2.45, 2.75) is 32.4 Å². The summed E-state index contributed by atoms with van der Waals surface area (Å²) in [6.07, 6.45) is 4.68. The normalized spacial score (nSPS) is 13.8. The van der Waals surface area contributed by atoms with E-state index in [0.29, 0.717) is 6.17 Å². The van der Waals surface area contributed by atoms with Crippen LogP contribution in [0.3, 0.4) is 0 Å². The van der Waals surface area contributed by atoms with Crippen LogP contribution >= 0.6 is 0 Å². The summed E-state index contributed by atoms with van der Waals surface area (Å²) in [6.45, 7) is 2.27. The van der Waals surface area contributed by atoms with Gasteiger partial charge in [0.15, 0.2) is 0 Å². The van der Waals surface area contributed by atoms with Crippen molar-refractivity contribution in [3.8, 4) is 0 Å². The molecule has 2 nitrogen and oxygen atoms in total. The highest BCUT2D eigenvalue weighted by molar-refractivity contribution is 4.45. The van der Waals surface area contributed by atoms with E-state index in [0.717, 1.165) is 8.97 Å². The van der Waals surface area contributed by atoms with E-state index in [4.69, 9.17) is 0 Å². The third-order valence-corrected chi connectivity index (χ3v) is 2.60. The molecule has 0 aliphatic rings. The van der Waals surface area contributed by atoms with Crippen molar-refractivity contribution in [2.75, 3.05) is 42.3 Å². The van der Waals surface area contributed by atoms with Gasteiger partial charge in [-0.2, -0.15) is 0 Å². The zero-order valence-corrected chi connectivity index (χ0v) is 10.6. The second-order valence-electron chi connectivity index (χ2n) is 5.86. The van der Waals surface area contributed by atoms with Gasteiger partial charge in [-0.25, -0.2) is 0 Å².